The first-order valence-corrected chi connectivity index (χ1v) is 12.5. The SMILES string of the molecule is CC(C)(C)C(=O)OC/N=C/N=C(N)c1cccc(-c2ccc(F)c(CNC3Cc4ccccc4C3)c2F)c1. The summed E-state index contributed by atoms with van der Waals surface area (Å²) in [4.78, 5) is 19.8. The number of hydrogen-bond donors (Lipinski definition) is 2. The Labute approximate surface area is 221 Å². The van der Waals surface area contributed by atoms with Crippen LogP contribution in [0.25, 0.3) is 11.1 Å². The van der Waals surface area contributed by atoms with E-state index < -0.39 is 17.0 Å². The van der Waals surface area contributed by atoms with E-state index in [2.05, 4.69) is 27.4 Å². The van der Waals surface area contributed by atoms with Crippen molar-refractivity contribution in [1.29, 1.82) is 0 Å². The monoisotopic (exact) mass is 518 g/mol. The molecule has 3 N–H and O–H groups in total. The summed E-state index contributed by atoms with van der Waals surface area (Å²) in [6, 6.07) is 17.9. The summed E-state index contributed by atoms with van der Waals surface area (Å²) < 4.78 is 35.2. The van der Waals surface area contributed by atoms with E-state index in [1.54, 1.807) is 45.0 Å². The molecule has 0 atom stereocenters. The summed E-state index contributed by atoms with van der Waals surface area (Å²) in [7, 11) is 0. The van der Waals surface area contributed by atoms with Crippen molar-refractivity contribution in [2.24, 2.45) is 21.1 Å². The van der Waals surface area contributed by atoms with E-state index in [1.165, 1.54) is 29.6 Å². The molecular weight excluding hydrogens is 486 g/mol. The highest BCUT2D eigenvalue weighted by Crippen LogP contribution is 2.28. The van der Waals surface area contributed by atoms with Crippen molar-refractivity contribution in [2.45, 2.75) is 46.2 Å². The second-order valence-electron chi connectivity index (χ2n) is 10.3. The van der Waals surface area contributed by atoms with E-state index in [9.17, 15) is 9.18 Å². The van der Waals surface area contributed by atoms with Crippen LogP contribution in [0.4, 0.5) is 8.78 Å². The van der Waals surface area contributed by atoms with E-state index in [-0.39, 0.29) is 42.2 Å². The van der Waals surface area contributed by atoms with Gasteiger partial charge in [0.2, 0.25) is 0 Å². The van der Waals surface area contributed by atoms with Gasteiger partial charge in [-0.3, -0.25) is 4.79 Å². The number of ether oxygens (including phenoxy) is 1. The van der Waals surface area contributed by atoms with Crippen LogP contribution in [0.2, 0.25) is 0 Å². The molecule has 0 unspecified atom stereocenters. The van der Waals surface area contributed by atoms with Crippen LogP contribution in [-0.2, 0) is 28.9 Å². The van der Waals surface area contributed by atoms with Crippen molar-refractivity contribution < 1.29 is 18.3 Å². The fourth-order valence-electron chi connectivity index (χ4n) is 4.30. The van der Waals surface area contributed by atoms with Crippen LogP contribution in [0.3, 0.4) is 0 Å². The molecule has 6 nitrogen and oxygen atoms in total. The maximum absolute atomic E-state index is 15.5. The summed E-state index contributed by atoms with van der Waals surface area (Å²) in [6.07, 6.45) is 2.88. The van der Waals surface area contributed by atoms with Gasteiger partial charge in [0.05, 0.1) is 5.41 Å². The zero-order valence-electron chi connectivity index (χ0n) is 21.8. The summed E-state index contributed by atoms with van der Waals surface area (Å²) in [5.41, 5.74) is 9.38. The van der Waals surface area contributed by atoms with Gasteiger partial charge in [-0.25, -0.2) is 18.8 Å². The number of nitrogens with zero attached hydrogens (tertiary/aromatic N) is 2. The fourth-order valence-corrected chi connectivity index (χ4v) is 4.30. The van der Waals surface area contributed by atoms with Crippen LogP contribution in [0.1, 0.15) is 43.0 Å². The highest BCUT2D eigenvalue weighted by Gasteiger charge is 2.23. The third kappa shape index (κ3) is 6.50. The van der Waals surface area contributed by atoms with Gasteiger partial charge in [-0.05, 0) is 68.5 Å². The van der Waals surface area contributed by atoms with Crippen molar-refractivity contribution >= 4 is 18.1 Å². The van der Waals surface area contributed by atoms with Gasteiger partial charge >= 0.3 is 5.97 Å². The minimum absolute atomic E-state index is 0.00226. The third-order valence-corrected chi connectivity index (χ3v) is 6.43. The van der Waals surface area contributed by atoms with E-state index >= 15 is 4.39 Å². The van der Waals surface area contributed by atoms with Crippen LogP contribution in [0, 0.1) is 17.0 Å². The Morgan fingerprint density at radius 1 is 1.08 bits per heavy atom. The third-order valence-electron chi connectivity index (χ3n) is 6.43. The van der Waals surface area contributed by atoms with Gasteiger partial charge in [-0.15, -0.1) is 0 Å². The largest absolute Gasteiger partial charge is 0.442 e. The van der Waals surface area contributed by atoms with E-state index in [1.807, 2.05) is 12.1 Å². The molecule has 198 valence electrons. The van der Waals surface area contributed by atoms with Gasteiger partial charge in [0.1, 0.15) is 23.8 Å². The number of nitrogens with one attached hydrogen (secondary N) is 1. The van der Waals surface area contributed by atoms with Gasteiger partial charge in [0.15, 0.2) is 6.73 Å². The first-order chi connectivity index (χ1) is 18.1. The van der Waals surface area contributed by atoms with Crippen molar-refractivity contribution in [3.63, 3.8) is 0 Å². The summed E-state index contributed by atoms with van der Waals surface area (Å²) >= 11 is 0. The predicted molar refractivity (Wildman–Crippen MR) is 146 cm³/mol. The first-order valence-electron chi connectivity index (χ1n) is 12.5. The van der Waals surface area contributed by atoms with Crippen molar-refractivity contribution in [3.05, 3.63) is 94.6 Å². The number of aliphatic imine (C=N–C) groups is 2. The maximum atomic E-state index is 15.5. The fraction of sp³-hybridized carbons (Fsp3) is 0.300. The van der Waals surface area contributed by atoms with Crippen LogP contribution < -0.4 is 11.1 Å². The molecule has 0 bridgehead atoms. The average molecular weight is 519 g/mol. The molecule has 0 aliphatic heterocycles. The lowest BCUT2D eigenvalue weighted by Crippen LogP contribution is -2.29. The van der Waals surface area contributed by atoms with Crippen molar-refractivity contribution in [1.82, 2.24) is 5.32 Å². The number of fused-ring (bicyclic) bond motifs is 1. The smallest absolute Gasteiger partial charge is 0.313 e. The van der Waals surface area contributed by atoms with Crippen LogP contribution >= 0.6 is 0 Å². The number of carbonyl (C=O) groups excluding carboxylic acids is 1. The molecule has 8 heteroatoms. The standard InChI is InChI=1S/C30H32F2N4O2/c1-30(2,3)29(37)38-18-34-17-36-28(33)22-10-6-9-21(13-22)24-11-12-26(31)25(27(24)32)16-35-23-14-19-7-4-5-8-20(19)15-23/h4-13,17,23,35H,14-16,18H2,1-3H3,(H2,33,34,36). The molecule has 38 heavy (non-hydrogen) atoms. The van der Waals surface area contributed by atoms with Gasteiger partial charge in [-0.2, -0.15) is 0 Å². The zero-order valence-corrected chi connectivity index (χ0v) is 21.8. The average Bonchev–Trinajstić information content (AvgIpc) is 3.30. The molecule has 0 fully saturated rings. The molecule has 0 spiro atoms. The Kier molecular flexibility index (Phi) is 8.32. The van der Waals surface area contributed by atoms with Gasteiger partial charge < -0.3 is 15.8 Å². The van der Waals surface area contributed by atoms with E-state index in [0.717, 1.165) is 12.8 Å². The molecule has 0 saturated heterocycles. The van der Waals surface area contributed by atoms with Crippen LogP contribution in [0.15, 0.2) is 70.6 Å². The van der Waals surface area contributed by atoms with Gasteiger partial charge in [0, 0.05) is 29.3 Å². The first kappa shape index (κ1) is 27.1. The number of hydrogen-bond acceptors (Lipinski definition) is 4. The molecule has 0 aromatic heterocycles. The molecule has 0 heterocycles. The number of rotatable bonds is 8. The molecule has 4 rings (SSSR count). The summed E-state index contributed by atoms with van der Waals surface area (Å²) in [5.74, 6) is -1.41. The number of esters is 1. The second-order valence-corrected chi connectivity index (χ2v) is 10.3. The topological polar surface area (TPSA) is 89.1 Å². The van der Waals surface area contributed by atoms with Gasteiger partial charge in [-0.1, -0.05) is 42.5 Å². The number of amidine groups is 1. The molecule has 3 aromatic rings. The molecule has 0 amide bonds. The number of benzene rings is 3. The van der Waals surface area contributed by atoms with Gasteiger partial charge in [0.25, 0.3) is 0 Å². The lowest BCUT2D eigenvalue weighted by molar-refractivity contribution is -0.152. The normalized spacial score (nSPS) is 14.2. The Morgan fingerprint density at radius 2 is 1.79 bits per heavy atom. The molecule has 0 radical (unpaired) electrons. The Morgan fingerprint density at radius 3 is 2.47 bits per heavy atom. The molecule has 3 aromatic carbocycles. The highest BCUT2D eigenvalue weighted by molar-refractivity contribution is 6.02. The lowest BCUT2D eigenvalue weighted by Gasteiger charge is -2.15. The summed E-state index contributed by atoms with van der Waals surface area (Å²) in [6.45, 7) is 5.17. The van der Waals surface area contributed by atoms with Crippen LogP contribution in [0.5, 0.6) is 0 Å². The summed E-state index contributed by atoms with van der Waals surface area (Å²) in [5, 5.41) is 3.32. The Hall–Kier alpha value is -3.91. The minimum Gasteiger partial charge on any atom is -0.442 e. The van der Waals surface area contributed by atoms with Crippen LogP contribution in [-0.4, -0.2) is 30.9 Å². The molecule has 1 aliphatic rings. The zero-order chi connectivity index (χ0) is 27.3. The van der Waals surface area contributed by atoms with E-state index in [4.69, 9.17) is 10.5 Å². The molecule has 0 saturated carbocycles. The second kappa shape index (κ2) is 11.6. The Bertz CT molecular complexity index is 1350. The Balaban J connectivity index is 1.44. The molecular formula is C30H32F2N4O2. The van der Waals surface area contributed by atoms with Crippen molar-refractivity contribution in [2.75, 3.05) is 6.73 Å². The number of carbonyl (C=O) groups is 1. The number of nitrogens with two attached hydrogens (primary N) is 1. The highest BCUT2D eigenvalue weighted by atomic mass is 19.1. The number of halogens is 2. The lowest BCUT2D eigenvalue weighted by atomic mass is 9.98. The molecule has 1 aliphatic carbocycles. The predicted octanol–water partition coefficient (Wildman–Crippen LogP) is 5.17. The minimum atomic E-state index is -0.619. The quantitative estimate of drug-likeness (QED) is 0.245. The maximum Gasteiger partial charge on any atom is 0.313 e. The van der Waals surface area contributed by atoms with Crippen molar-refractivity contribution in [3.8, 4) is 11.1 Å². The van der Waals surface area contributed by atoms with E-state index in [0.29, 0.717) is 11.1 Å².